The number of alkyl carbamates (subject to hydrolysis) is 1. The van der Waals surface area contributed by atoms with Gasteiger partial charge in [0.1, 0.15) is 5.60 Å². The summed E-state index contributed by atoms with van der Waals surface area (Å²) in [6.45, 7) is 7.19. The molecule has 2 rings (SSSR count). The monoisotopic (exact) mass is 293 g/mol. The van der Waals surface area contributed by atoms with Crippen LogP contribution in [0.4, 0.5) is 4.79 Å². The van der Waals surface area contributed by atoms with Crippen LogP contribution in [-0.2, 0) is 11.3 Å². The van der Waals surface area contributed by atoms with E-state index in [2.05, 4.69) is 21.7 Å². The van der Waals surface area contributed by atoms with Crippen LogP contribution in [0.3, 0.4) is 0 Å². The molecule has 1 aromatic rings. The Kier molecular flexibility index (Phi) is 5.28. The van der Waals surface area contributed by atoms with E-state index in [1.54, 1.807) is 0 Å². The molecule has 0 bridgehead atoms. The van der Waals surface area contributed by atoms with Gasteiger partial charge in [-0.2, -0.15) is 0 Å². The van der Waals surface area contributed by atoms with Crippen molar-refractivity contribution in [2.24, 2.45) is 5.92 Å². The Labute approximate surface area is 126 Å². The Morgan fingerprint density at radius 3 is 2.90 bits per heavy atom. The van der Waals surface area contributed by atoms with Gasteiger partial charge in [-0.15, -0.1) is 0 Å². The fourth-order valence-electron chi connectivity index (χ4n) is 2.80. The number of ether oxygens (including phenoxy) is 1. The highest BCUT2D eigenvalue weighted by Crippen LogP contribution is 2.25. The van der Waals surface area contributed by atoms with Gasteiger partial charge in [-0.25, -0.2) is 4.79 Å². The lowest BCUT2D eigenvalue weighted by Gasteiger charge is -2.23. The normalized spacial score (nSPS) is 22.2. The van der Waals surface area contributed by atoms with E-state index in [4.69, 9.17) is 4.74 Å². The minimum atomic E-state index is -0.439. The molecule has 1 aliphatic carbocycles. The molecule has 0 aromatic carbocycles. The van der Waals surface area contributed by atoms with Crippen LogP contribution in [0.2, 0.25) is 0 Å². The molecule has 3 N–H and O–H groups in total. The smallest absolute Gasteiger partial charge is 0.407 e. The highest BCUT2D eigenvalue weighted by molar-refractivity contribution is 5.67. The van der Waals surface area contributed by atoms with Gasteiger partial charge >= 0.3 is 6.09 Å². The average molecular weight is 293 g/mol. The molecule has 2 atom stereocenters. The molecule has 5 nitrogen and oxygen atoms in total. The van der Waals surface area contributed by atoms with Crippen LogP contribution in [0.5, 0.6) is 0 Å². The van der Waals surface area contributed by atoms with E-state index in [1.807, 2.05) is 33.2 Å². The molecule has 1 aromatic heterocycles. The van der Waals surface area contributed by atoms with Gasteiger partial charge in [0.2, 0.25) is 0 Å². The Bertz CT molecular complexity index is 437. The zero-order chi connectivity index (χ0) is 15.3. The second-order valence-corrected chi connectivity index (χ2v) is 6.78. The molecule has 1 heterocycles. The summed E-state index contributed by atoms with van der Waals surface area (Å²) in [5, 5.41) is 6.49. The lowest BCUT2D eigenvalue weighted by molar-refractivity contribution is 0.0517. The molecule has 118 valence electrons. The van der Waals surface area contributed by atoms with Gasteiger partial charge < -0.3 is 20.4 Å². The first-order valence-electron chi connectivity index (χ1n) is 7.76. The van der Waals surface area contributed by atoms with Crippen molar-refractivity contribution in [2.45, 2.75) is 58.2 Å². The predicted molar refractivity (Wildman–Crippen MR) is 83.0 cm³/mol. The maximum absolute atomic E-state index is 11.7. The van der Waals surface area contributed by atoms with Crippen LogP contribution in [0.25, 0.3) is 0 Å². The molecule has 1 aliphatic rings. The van der Waals surface area contributed by atoms with Crippen molar-refractivity contribution in [1.82, 2.24) is 15.6 Å². The number of aromatic nitrogens is 1. The molecule has 1 fully saturated rings. The van der Waals surface area contributed by atoms with Crippen molar-refractivity contribution < 1.29 is 9.53 Å². The van der Waals surface area contributed by atoms with Crippen molar-refractivity contribution in [2.75, 3.05) is 6.54 Å². The summed E-state index contributed by atoms with van der Waals surface area (Å²) in [7, 11) is 0. The quantitative estimate of drug-likeness (QED) is 0.782. The van der Waals surface area contributed by atoms with Gasteiger partial charge in [0.05, 0.1) is 0 Å². The van der Waals surface area contributed by atoms with Gasteiger partial charge in [0.15, 0.2) is 0 Å². The molecule has 2 unspecified atom stereocenters. The summed E-state index contributed by atoms with van der Waals surface area (Å²) < 4.78 is 5.28. The largest absolute Gasteiger partial charge is 0.444 e. The van der Waals surface area contributed by atoms with Crippen LogP contribution in [0, 0.1) is 5.92 Å². The summed E-state index contributed by atoms with van der Waals surface area (Å²) in [6, 6.07) is 2.55. The van der Waals surface area contributed by atoms with Crippen LogP contribution >= 0.6 is 0 Å². The van der Waals surface area contributed by atoms with Crippen LogP contribution in [0.15, 0.2) is 18.5 Å². The Balaban J connectivity index is 1.73. The topological polar surface area (TPSA) is 66.2 Å². The molecule has 0 spiro atoms. The first-order valence-corrected chi connectivity index (χ1v) is 7.76. The maximum Gasteiger partial charge on any atom is 0.407 e. The highest BCUT2D eigenvalue weighted by atomic mass is 16.6. The van der Waals surface area contributed by atoms with Crippen molar-refractivity contribution in [3.63, 3.8) is 0 Å². The van der Waals surface area contributed by atoms with E-state index in [-0.39, 0.29) is 6.09 Å². The van der Waals surface area contributed by atoms with Crippen LogP contribution < -0.4 is 10.6 Å². The van der Waals surface area contributed by atoms with Crippen LogP contribution in [0.1, 0.15) is 45.6 Å². The molecule has 0 saturated heterocycles. The van der Waals surface area contributed by atoms with E-state index in [0.717, 1.165) is 13.0 Å². The summed E-state index contributed by atoms with van der Waals surface area (Å²) >= 11 is 0. The van der Waals surface area contributed by atoms with Crippen molar-refractivity contribution in [3.05, 3.63) is 24.0 Å². The average Bonchev–Trinajstić information content (AvgIpc) is 3.03. The fourth-order valence-corrected chi connectivity index (χ4v) is 2.80. The third-order valence-electron chi connectivity index (χ3n) is 3.80. The van der Waals surface area contributed by atoms with Crippen molar-refractivity contribution >= 4 is 6.09 Å². The first-order chi connectivity index (χ1) is 9.94. The van der Waals surface area contributed by atoms with Gasteiger partial charge in [-0.1, -0.05) is 6.42 Å². The molecule has 0 aliphatic heterocycles. The molecule has 1 saturated carbocycles. The Hall–Kier alpha value is -1.49. The van der Waals surface area contributed by atoms with Gasteiger partial charge in [0, 0.05) is 31.5 Å². The highest BCUT2D eigenvalue weighted by Gasteiger charge is 2.27. The summed E-state index contributed by atoms with van der Waals surface area (Å²) in [6.07, 6.45) is 7.17. The number of carbonyl (C=O) groups excluding carboxylic acids is 1. The zero-order valence-corrected chi connectivity index (χ0v) is 13.2. The summed E-state index contributed by atoms with van der Waals surface area (Å²) in [5.41, 5.74) is 0.826. The van der Waals surface area contributed by atoms with Gasteiger partial charge in [0.25, 0.3) is 0 Å². The number of hydrogen-bond donors (Lipinski definition) is 3. The lowest BCUT2D eigenvalue weighted by Crippen LogP contribution is -2.40. The Morgan fingerprint density at radius 2 is 2.24 bits per heavy atom. The molecule has 21 heavy (non-hydrogen) atoms. The number of nitrogens with one attached hydrogen (secondary N) is 3. The Morgan fingerprint density at radius 1 is 1.43 bits per heavy atom. The molecule has 1 amide bonds. The van der Waals surface area contributed by atoms with E-state index < -0.39 is 5.60 Å². The molecule has 0 radical (unpaired) electrons. The second-order valence-electron chi connectivity index (χ2n) is 6.78. The van der Waals surface area contributed by atoms with E-state index in [9.17, 15) is 4.79 Å². The third-order valence-corrected chi connectivity index (χ3v) is 3.80. The minimum Gasteiger partial charge on any atom is -0.444 e. The zero-order valence-electron chi connectivity index (χ0n) is 13.2. The third kappa shape index (κ3) is 5.42. The number of H-pyrrole nitrogens is 1. The number of amides is 1. The van der Waals surface area contributed by atoms with E-state index >= 15 is 0 Å². The standard InChI is InChI=1S/C16H27N3O2/c1-16(2,3)21-15(20)19-11-13-5-4-6-14(13)18-10-12-7-8-17-9-12/h7-9,13-14,17-18H,4-6,10-11H2,1-3H3,(H,19,20). The predicted octanol–water partition coefficient (Wildman–Crippen LogP) is 2.80. The lowest BCUT2D eigenvalue weighted by atomic mass is 10.0. The van der Waals surface area contributed by atoms with Crippen molar-refractivity contribution in [1.29, 1.82) is 0 Å². The minimum absolute atomic E-state index is 0.321. The maximum atomic E-state index is 11.7. The number of hydrogen-bond acceptors (Lipinski definition) is 3. The first kappa shape index (κ1) is 15.9. The summed E-state index contributed by atoms with van der Waals surface area (Å²) in [4.78, 5) is 14.8. The number of rotatable bonds is 5. The molecular formula is C16H27N3O2. The van der Waals surface area contributed by atoms with Gasteiger partial charge in [-0.3, -0.25) is 0 Å². The molecular weight excluding hydrogens is 266 g/mol. The number of aromatic amines is 1. The second kappa shape index (κ2) is 6.98. The van der Waals surface area contributed by atoms with Gasteiger partial charge in [-0.05, 0) is 51.2 Å². The van der Waals surface area contributed by atoms with Crippen LogP contribution in [-0.4, -0.2) is 29.3 Å². The SMILES string of the molecule is CC(C)(C)OC(=O)NCC1CCCC1NCc1cc[nH]c1. The van der Waals surface area contributed by atoms with E-state index in [1.165, 1.54) is 18.4 Å². The molecule has 5 heteroatoms. The summed E-state index contributed by atoms with van der Waals surface area (Å²) in [5.74, 6) is 0.483. The fraction of sp³-hybridized carbons (Fsp3) is 0.688. The van der Waals surface area contributed by atoms with E-state index in [0.29, 0.717) is 18.5 Å². The van der Waals surface area contributed by atoms with Crippen molar-refractivity contribution in [3.8, 4) is 0 Å². The number of carbonyl (C=O) groups is 1.